The van der Waals surface area contributed by atoms with Gasteiger partial charge in [-0.15, -0.1) is 0 Å². The third-order valence-electron chi connectivity index (χ3n) is 3.19. The van der Waals surface area contributed by atoms with Crippen LogP contribution in [0.25, 0.3) is 0 Å². The van der Waals surface area contributed by atoms with Crippen LogP contribution in [0.5, 0.6) is 0 Å². The first-order valence-electron chi connectivity index (χ1n) is 6.48. The third-order valence-corrected chi connectivity index (χ3v) is 3.19. The Kier molecular flexibility index (Phi) is 3.25. The minimum absolute atomic E-state index is 0.0591. The summed E-state index contributed by atoms with van der Waals surface area (Å²) in [5.41, 5.74) is 11.3. The molecule has 1 aromatic rings. The summed E-state index contributed by atoms with van der Waals surface area (Å²) in [5.74, 6) is 0.730. The standard InChI is InChI=1S/C12H23N7/c1-11(2)5-7(6-12(3,4)19-11)15-10-17-8(13)16-9(14)18-10/h7,19H,5-6H2,1-4H3,(H5,13,14,15,16,17,18). The lowest BCUT2D eigenvalue weighted by atomic mass is 9.80. The molecule has 0 unspecified atom stereocenters. The summed E-state index contributed by atoms with van der Waals surface area (Å²) in [5, 5.41) is 6.94. The zero-order valence-electron chi connectivity index (χ0n) is 12.0. The molecule has 106 valence electrons. The van der Waals surface area contributed by atoms with Crippen LogP contribution in [0.3, 0.4) is 0 Å². The van der Waals surface area contributed by atoms with Gasteiger partial charge in [-0.1, -0.05) is 0 Å². The number of nitrogens with zero attached hydrogens (tertiary/aromatic N) is 3. The maximum absolute atomic E-state index is 5.58. The van der Waals surface area contributed by atoms with Gasteiger partial charge in [0.25, 0.3) is 0 Å². The quantitative estimate of drug-likeness (QED) is 0.624. The highest BCUT2D eigenvalue weighted by atomic mass is 15.2. The molecule has 1 saturated heterocycles. The van der Waals surface area contributed by atoms with Gasteiger partial charge in [0, 0.05) is 17.1 Å². The Balaban J connectivity index is 2.14. The largest absolute Gasteiger partial charge is 0.368 e. The number of aromatic nitrogens is 3. The number of nitrogens with two attached hydrogens (primary N) is 2. The maximum Gasteiger partial charge on any atom is 0.229 e. The highest BCUT2D eigenvalue weighted by Crippen LogP contribution is 2.29. The van der Waals surface area contributed by atoms with Gasteiger partial charge in [0.1, 0.15) is 0 Å². The van der Waals surface area contributed by atoms with Gasteiger partial charge in [-0.2, -0.15) is 15.0 Å². The zero-order chi connectivity index (χ0) is 14.3. The van der Waals surface area contributed by atoms with Gasteiger partial charge in [0.15, 0.2) is 0 Å². The smallest absolute Gasteiger partial charge is 0.229 e. The second kappa shape index (κ2) is 4.48. The van der Waals surface area contributed by atoms with Crippen molar-refractivity contribution in [2.75, 3.05) is 16.8 Å². The van der Waals surface area contributed by atoms with E-state index >= 15 is 0 Å². The molecule has 0 saturated carbocycles. The molecular formula is C12H23N7. The molecule has 0 aromatic carbocycles. The van der Waals surface area contributed by atoms with Crippen molar-refractivity contribution >= 4 is 17.8 Å². The van der Waals surface area contributed by atoms with Crippen LogP contribution >= 0.6 is 0 Å². The Bertz CT molecular complexity index is 433. The number of nitrogens with one attached hydrogen (secondary N) is 2. The summed E-state index contributed by atoms with van der Waals surface area (Å²) >= 11 is 0. The van der Waals surface area contributed by atoms with E-state index < -0.39 is 0 Å². The number of hydrogen-bond acceptors (Lipinski definition) is 7. The van der Waals surface area contributed by atoms with Crippen molar-refractivity contribution in [3.63, 3.8) is 0 Å². The van der Waals surface area contributed by atoms with Gasteiger partial charge < -0.3 is 22.1 Å². The summed E-state index contributed by atoms with van der Waals surface area (Å²) in [4.78, 5) is 11.9. The maximum atomic E-state index is 5.58. The topological polar surface area (TPSA) is 115 Å². The van der Waals surface area contributed by atoms with Gasteiger partial charge in [0.05, 0.1) is 0 Å². The van der Waals surface area contributed by atoms with Crippen LogP contribution < -0.4 is 22.1 Å². The van der Waals surface area contributed by atoms with E-state index in [2.05, 4.69) is 53.3 Å². The fraction of sp³-hybridized carbons (Fsp3) is 0.750. The van der Waals surface area contributed by atoms with E-state index in [9.17, 15) is 0 Å². The molecule has 0 amide bonds. The summed E-state index contributed by atoms with van der Waals surface area (Å²) in [6.45, 7) is 8.77. The fourth-order valence-corrected chi connectivity index (χ4v) is 3.08. The molecule has 19 heavy (non-hydrogen) atoms. The number of rotatable bonds is 2. The van der Waals surface area contributed by atoms with Crippen molar-refractivity contribution in [3.8, 4) is 0 Å². The molecule has 1 fully saturated rings. The number of anilines is 3. The van der Waals surface area contributed by atoms with Gasteiger partial charge >= 0.3 is 0 Å². The molecule has 1 aromatic heterocycles. The number of piperidine rings is 1. The van der Waals surface area contributed by atoms with Crippen LogP contribution in [0.4, 0.5) is 17.8 Å². The van der Waals surface area contributed by atoms with E-state index in [1.54, 1.807) is 0 Å². The molecule has 0 atom stereocenters. The fourth-order valence-electron chi connectivity index (χ4n) is 3.08. The minimum Gasteiger partial charge on any atom is -0.368 e. The van der Waals surface area contributed by atoms with Crippen molar-refractivity contribution in [3.05, 3.63) is 0 Å². The predicted molar refractivity (Wildman–Crippen MR) is 76.6 cm³/mol. The highest BCUT2D eigenvalue weighted by Gasteiger charge is 2.37. The third kappa shape index (κ3) is 3.66. The average Bonchev–Trinajstić information content (AvgIpc) is 2.08. The Morgan fingerprint density at radius 2 is 1.47 bits per heavy atom. The molecule has 7 nitrogen and oxygen atoms in total. The molecule has 1 aliphatic rings. The van der Waals surface area contributed by atoms with E-state index in [0.29, 0.717) is 5.95 Å². The molecule has 6 N–H and O–H groups in total. The molecule has 0 spiro atoms. The van der Waals surface area contributed by atoms with Crippen LogP contribution in [0, 0.1) is 0 Å². The first-order chi connectivity index (χ1) is 8.65. The number of hydrogen-bond donors (Lipinski definition) is 4. The van der Waals surface area contributed by atoms with Crippen LogP contribution in [-0.4, -0.2) is 32.1 Å². The summed E-state index contributed by atoms with van der Waals surface area (Å²) in [6, 6.07) is 0.271. The summed E-state index contributed by atoms with van der Waals surface area (Å²) in [6.07, 6.45) is 1.95. The van der Waals surface area contributed by atoms with E-state index in [1.807, 2.05) is 0 Å². The second-order valence-electron chi connectivity index (χ2n) is 6.52. The second-order valence-corrected chi connectivity index (χ2v) is 6.52. The summed E-state index contributed by atoms with van der Waals surface area (Å²) in [7, 11) is 0. The molecule has 0 aliphatic carbocycles. The number of nitrogen functional groups attached to an aromatic ring is 2. The average molecular weight is 265 g/mol. The molecule has 7 heteroatoms. The van der Waals surface area contributed by atoms with E-state index in [0.717, 1.165) is 12.8 Å². The van der Waals surface area contributed by atoms with E-state index in [1.165, 1.54) is 0 Å². The minimum atomic E-state index is 0.0591. The van der Waals surface area contributed by atoms with Gasteiger partial charge in [-0.3, -0.25) is 0 Å². The highest BCUT2D eigenvalue weighted by molar-refractivity contribution is 5.38. The first kappa shape index (κ1) is 13.8. The van der Waals surface area contributed by atoms with Gasteiger partial charge in [0.2, 0.25) is 17.8 Å². The molecule has 1 aliphatic heterocycles. The zero-order valence-corrected chi connectivity index (χ0v) is 12.0. The van der Waals surface area contributed by atoms with E-state index in [-0.39, 0.29) is 29.0 Å². The predicted octanol–water partition coefficient (Wildman–Crippen LogP) is 0.757. The monoisotopic (exact) mass is 265 g/mol. The lowest BCUT2D eigenvalue weighted by molar-refractivity contribution is 0.170. The Morgan fingerprint density at radius 1 is 1.00 bits per heavy atom. The first-order valence-corrected chi connectivity index (χ1v) is 6.48. The molecule has 2 heterocycles. The Labute approximate surface area is 113 Å². The lowest BCUT2D eigenvalue weighted by Gasteiger charge is -2.46. The Hall–Kier alpha value is -1.63. The van der Waals surface area contributed by atoms with Crippen molar-refractivity contribution in [1.29, 1.82) is 0 Å². The van der Waals surface area contributed by atoms with Crippen molar-refractivity contribution in [2.24, 2.45) is 0 Å². The van der Waals surface area contributed by atoms with Crippen molar-refractivity contribution in [1.82, 2.24) is 20.3 Å². The summed E-state index contributed by atoms with van der Waals surface area (Å²) < 4.78 is 0. The van der Waals surface area contributed by atoms with E-state index in [4.69, 9.17) is 11.5 Å². The van der Waals surface area contributed by atoms with Gasteiger partial charge in [-0.25, -0.2) is 0 Å². The van der Waals surface area contributed by atoms with Crippen LogP contribution in [0.15, 0.2) is 0 Å². The van der Waals surface area contributed by atoms with Crippen molar-refractivity contribution < 1.29 is 0 Å². The van der Waals surface area contributed by atoms with Gasteiger partial charge in [-0.05, 0) is 40.5 Å². The molecule has 0 radical (unpaired) electrons. The Morgan fingerprint density at radius 3 is 1.95 bits per heavy atom. The van der Waals surface area contributed by atoms with Crippen LogP contribution in [0.1, 0.15) is 40.5 Å². The lowest BCUT2D eigenvalue weighted by Crippen LogP contribution is -2.60. The van der Waals surface area contributed by atoms with Crippen LogP contribution in [-0.2, 0) is 0 Å². The molecule has 2 rings (SSSR count). The molecule has 0 bridgehead atoms. The molecular weight excluding hydrogens is 242 g/mol. The van der Waals surface area contributed by atoms with Crippen LogP contribution in [0.2, 0.25) is 0 Å². The SMILES string of the molecule is CC1(C)CC(Nc2nc(N)nc(N)n2)CC(C)(C)N1. The normalized spacial score (nSPS) is 22.1. The van der Waals surface area contributed by atoms with Crippen molar-refractivity contribution in [2.45, 2.75) is 57.7 Å².